The fourth-order valence-corrected chi connectivity index (χ4v) is 2.59. The van der Waals surface area contributed by atoms with Gasteiger partial charge >= 0.3 is 0 Å². The van der Waals surface area contributed by atoms with Crippen LogP contribution in [-0.2, 0) is 0 Å². The molecule has 110 valence electrons. The Morgan fingerprint density at radius 3 is 2.73 bits per heavy atom. The third kappa shape index (κ3) is 2.16. The van der Waals surface area contributed by atoms with Crippen LogP contribution in [0.5, 0.6) is 0 Å². The van der Waals surface area contributed by atoms with Gasteiger partial charge in [0.1, 0.15) is 5.82 Å². The van der Waals surface area contributed by atoms with Crippen LogP contribution >= 0.6 is 0 Å². The smallest absolute Gasteiger partial charge is 0.251 e. The van der Waals surface area contributed by atoms with Crippen LogP contribution in [0.2, 0.25) is 0 Å². The largest absolute Gasteiger partial charge is 0.352 e. The van der Waals surface area contributed by atoms with Crippen molar-refractivity contribution in [2.45, 2.75) is 6.04 Å². The van der Waals surface area contributed by atoms with E-state index in [9.17, 15) is 4.79 Å². The monoisotopic (exact) mass is 294 g/mol. The molecule has 1 saturated heterocycles. The number of nitrogens with one attached hydrogen (secondary N) is 1. The van der Waals surface area contributed by atoms with Gasteiger partial charge in [0.15, 0.2) is 5.65 Å². The average Bonchev–Trinajstić information content (AvgIpc) is 3.00. The van der Waals surface area contributed by atoms with Gasteiger partial charge in [0, 0.05) is 43.3 Å². The van der Waals surface area contributed by atoms with E-state index in [1.807, 2.05) is 12.1 Å². The number of carbonyl (C=O) groups is 1. The first-order valence-electron chi connectivity index (χ1n) is 7.06. The lowest BCUT2D eigenvalue weighted by Crippen LogP contribution is -2.60. The Morgan fingerprint density at radius 1 is 1.09 bits per heavy atom. The zero-order valence-electron chi connectivity index (χ0n) is 11.8. The summed E-state index contributed by atoms with van der Waals surface area (Å²) in [5.41, 5.74) is 1.45. The molecule has 7 nitrogen and oxygen atoms in total. The third-order valence-electron chi connectivity index (χ3n) is 3.75. The Morgan fingerprint density at radius 2 is 1.91 bits per heavy atom. The molecule has 3 aromatic rings. The molecule has 0 saturated carbocycles. The minimum atomic E-state index is -0.0639. The van der Waals surface area contributed by atoms with Gasteiger partial charge in [0.05, 0.1) is 12.2 Å². The van der Waals surface area contributed by atoms with Gasteiger partial charge in [-0.25, -0.2) is 4.98 Å². The highest BCUT2D eigenvalue weighted by Gasteiger charge is 2.30. The first kappa shape index (κ1) is 12.8. The molecule has 1 aliphatic rings. The molecule has 1 aliphatic heterocycles. The van der Waals surface area contributed by atoms with E-state index in [0.717, 1.165) is 24.6 Å². The number of hydrogen-bond acceptors (Lipinski definition) is 5. The number of pyridine rings is 1. The van der Waals surface area contributed by atoms with Crippen LogP contribution in [0.15, 0.2) is 49.1 Å². The molecule has 0 spiro atoms. The minimum Gasteiger partial charge on any atom is -0.352 e. The number of anilines is 1. The molecule has 1 amide bonds. The van der Waals surface area contributed by atoms with Crippen molar-refractivity contribution in [3.8, 4) is 0 Å². The highest BCUT2D eigenvalue weighted by Crippen LogP contribution is 2.20. The maximum atomic E-state index is 12.1. The number of aromatic nitrogens is 4. The van der Waals surface area contributed by atoms with Gasteiger partial charge in [-0.05, 0) is 18.2 Å². The topological polar surface area (TPSA) is 75.4 Å². The number of amides is 1. The Balaban J connectivity index is 1.42. The van der Waals surface area contributed by atoms with E-state index >= 15 is 0 Å². The SMILES string of the molecule is O=C(NC1CN(c2ccnc3ccnn23)C1)c1ccncc1. The van der Waals surface area contributed by atoms with E-state index in [1.165, 1.54) is 0 Å². The van der Waals surface area contributed by atoms with E-state index in [0.29, 0.717) is 5.56 Å². The second kappa shape index (κ2) is 5.10. The van der Waals surface area contributed by atoms with Crippen molar-refractivity contribution < 1.29 is 4.79 Å². The Kier molecular flexibility index (Phi) is 2.96. The molecular weight excluding hydrogens is 280 g/mol. The summed E-state index contributed by atoms with van der Waals surface area (Å²) < 4.78 is 1.81. The van der Waals surface area contributed by atoms with Crippen LogP contribution in [0.4, 0.5) is 5.82 Å². The van der Waals surface area contributed by atoms with Gasteiger partial charge in [0.2, 0.25) is 0 Å². The van der Waals surface area contributed by atoms with Crippen molar-refractivity contribution in [2.75, 3.05) is 18.0 Å². The van der Waals surface area contributed by atoms with Crippen LogP contribution in [0.1, 0.15) is 10.4 Å². The molecule has 1 N–H and O–H groups in total. The number of fused-ring (bicyclic) bond motifs is 1. The Bertz CT molecular complexity index is 809. The molecule has 22 heavy (non-hydrogen) atoms. The molecule has 0 aromatic carbocycles. The summed E-state index contributed by atoms with van der Waals surface area (Å²) >= 11 is 0. The molecule has 0 aliphatic carbocycles. The maximum absolute atomic E-state index is 12.1. The quantitative estimate of drug-likeness (QED) is 0.771. The molecule has 4 heterocycles. The summed E-state index contributed by atoms with van der Waals surface area (Å²) in [5.74, 6) is 0.926. The molecule has 0 unspecified atom stereocenters. The lowest BCUT2D eigenvalue weighted by molar-refractivity contribution is 0.0930. The predicted molar refractivity (Wildman–Crippen MR) is 80.7 cm³/mol. The third-order valence-corrected chi connectivity index (χ3v) is 3.75. The van der Waals surface area contributed by atoms with Gasteiger partial charge in [0.25, 0.3) is 5.91 Å². The van der Waals surface area contributed by atoms with E-state index in [1.54, 1.807) is 41.4 Å². The van der Waals surface area contributed by atoms with E-state index in [-0.39, 0.29) is 11.9 Å². The zero-order chi connectivity index (χ0) is 14.9. The van der Waals surface area contributed by atoms with Gasteiger partial charge in [-0.3, -0.25) is 9.78 Å². The maximum Gasteiger partial charge on any atom is 0.251 e. The summed E-state index contributed by atoms with van der Waals surface area (Å²) in [4.78, 5) is 22.4. The zero-order valence-corrected chi connectivity index (χ0v) is 11.8. The van der Waals surface area contributed by atoms with Crippen LogP contribution in [0.3, 0.4) is 0 Å². The number of carbonyl (C=O) groups excluding carboxylic acids is 1. The lowest BCUT2D eigenvalue weighted by Gasteiger charge is -2.40. The van der Waals surface area contributed by atoms with Crippen molar-refractivity contribution in [3.05, 3.63) is 54.6 Å². The van der Waals surface area contributed by atoms with Crippen molar-refractivity contribution >= 4 is 17.4 Å². The second-order valence-electron chi connectivity index (χ2n) is 5.22. The normalized spacial score (nSPS) is 14.8. The predicted octanol–water partition coefficient (Wildman–Crippen LogP) is 0.743. The van der Waals surface area contributed by atoms with Gasteiger partial charge in [-0.2, -0.15) is 9.61 Å². The van der Waals surface area contributed by atoms with E-state index in [4.69, 9.17) is 0 Å². The Labute approximate surface area is 126 Å². The Hall–Kier alpha value is -2.96. The lowest BCUT2D eigenvalue weighted by atomic mass is 10.1. The highest BCUT2D eigenvalue weighted by atomic mass is 16.1. The molecule has 7 heteroatoms. The van der Waals surface area contributed by atoms with Gasteiger partial charge in [-0.15, -0.1) is 0 Å². The number of hydrogen-bond donors (Lipinski definition) is 1. The first-order valence-corrected chi connectivity index (χ1v) is 7.06. The molecular formula is C15H14N6O. The summed E-state index contributed by atoms with van der Waals surface area (Å²) in [7, 11) is 0. The summed E-state index contributed by atoms with van der Waals surface area (Å²) in [6, 6.07) is 7.36. The molecule has 1 fully saturated rings. The van der Waals surface area contributed by atoms with Gasteiger partial charge < -0.3 is 10.2 Å². The van der Waals surface area contributed by atoms with Gasteiger partial charge in [-0.1, -0.05) is 0 Å². The van der Waals surface area contributed by atoms with Crippen LogP contribution < -0.4 is 10.2 Å². The number of rotatable bonds is 3. The fraction of sp³-hybridized carbons (Fsp3) is 0.200. The molecule has 0 radical (unpaired) electrons. The van der Waals surface area contributed by atoms with Crippen molar-refractivity contribution in [1.82, 2.24) is 24.9 Å². The average molecular weight is 294 g/mol. The fourth-order valence-electron chi connectivity index (χ4n) is 2.59. The highest BCUT2D eigenvalue weighted by molar-refractivity contribution is 5.94. The van der Waals surface area contributed by atoms with E-state index in [2.05, 4.69) is 25.3 Å². The van der Waals surface area contributed by atoms with Crippen LogP contribution in [0.25, 0.3) is 5.65 Å². The summed E-state index contributed by atoms with van der Waals surface area (Å²) in [6.07, 6.45) is 6.74. The standard InChI is InChI=1S/C15H14N6O/c22-15(11-1-5-16-6-2-11)19-12-9-20(10-12)14-4-7-17-13-3-8-18-21(13)14/h1-8,12H,9-10H2,(H,19,22). The second-order valence-corrected chi connectivity index (χ2v) is 5.22. The minimum absolute atomic E-state index is 0.0639. The molecule has 3 aromatic heterocycles. The summed E-state index contributed by atoms with van der Waals surface area (Å²) in [5, 5.41) is 7.29. The first-order chi connectivity index (χ1) is 10.8. The van der Waals surface area contributed by atoms with Crippen LogP contribution in [-0.4, -0.2) is 44.6 Å². The van der Waals surface area contributed by atoms with Crippen molar-refractivity contribution in [3.63, 3.8) is 0 Å². The van der Waals surface area contributed by atoms with Crippen molar-refractivity contribution in [2.24, 2.45) is 0 Å². The molecule has 4 rings (SSSR count). The van der Waals surface area contributed by atoms with Crippen molar-refractivity contribution in [1.29, 1.82) is 0 Å². The van der Waals surface area contributed by atoms with E-state index < -0.39 is 0 Å². The number of nitrogens with zero attached hydrogens (tertiary/aromatic N) is 5. The molecule has 0 atom stereocenters. The summed E-state index contributed by atoms with van der Waals surface area (Å²) in [6.45, 7) is 1.52. The van der Waals surface area contributed by atoms with Crippen LogP contribution in [0, 0.1) is 0 Å². The molecule has 0 bridgehead atoms.